The highest BCUT2D eigenvalue weighted by Crippen LogP contribution is 2.26. The molecule has 0 bridgehead atoms. The Hall–Kier alpha value is -4.34. The van der Waals surface area contributed by atoms with E-state index in [1.165, 1.54) is 24.3 Å². The van der Waals surface area contributed by atoms with Gasteiger partial charge in [-0.3, -0.25) is 14.4 Å². The standard InChI is InChI=1S/C29H31NO9/c1-17(2)21(15-22(31)18(3)4)16-23(32)39-30-26(33)24(37-28(35)19-11-7-5-8-12-19)25(27(30)34)38-29(36)20-13-9-6-10-14-20/h5-14,17-18,21,24-25H,15-16H2,1-4H3. The lowest BCUT2D eigenvalue weighted by atomic mass is 9.85. The smallest absolute Gasteiger partial charge is 0.339 e. The van der Waals surface area contributed by atoms with Crippen LogP contribution in [0.4, 0.5) is 0 Å². The first-order valence-electron chi connectivity index (χ1n) is 12.6. The van der Waals surface area contributed by atoms with E-state index >= 15 is 0 Å². The number of imide groups is 1. The van der Waals surface area contributed by atoms with Gasteiger partial charge >= 0.3 is 29.7 Å². The number of hydroxylamine groups is 2. The second-order valence-electron chi connectivity index (χ2n) is 9.85. The fourth-order valence-corrected chi connectivity index (χ4v) is 3.82. The Bertz CT molecular complexity index is 1150. The second kappa shape index (κ2) is 12.9. The Morgan fingerprint density at radius 3 is 1.54 bits per heavy atom. The molecule has 1 saturated heterocycles. The Kier molecular flexibility index (Phi) is 9.70. The number of Topliss-reactive ketones (excluding diaryl/α,β-unsaturated/α-hetero) is 1. The molecule has 0 aliphatic carbocycles. The Balaban J connectivity index is 1.80. The third kappa shape index (κ3) is 7.37. The lowest BCUT2D eigenvalue weighted by molar-refractivity contribution is -0.200. The molecule has 2 aromatic rings. The first-order valence-corrected chi connectivity index (χ1v) is 12.6. The van der Waals surface area contributed by atoms with Crippen LogP contribution in [-0.4, -0.2) is 52.8 Å². The van der Waals surface area contributed by atoms with Crippen molar-refractivity contribution < 1.29 is 43.1 Å². The van der Waals surface area contributed by atoms with E-state index in [2.05, 4.69) is 0 Å². The van der Waals surface area contributed by atoms with Crippen LogP contribution in [0, 0.1) is 17.8 Å². The maximum atomic E-state index is 13.1. The lowest BCUT2D eigenvalue weighted by Gasteiger charge is -2.21. The van der Waals surface area contributed by atoms with Crippen LogP contribution in [0.1, 0.15) is 61.3 Å². The molecule has 0 saturated carbocycles. The molecule has 3 atom stereocenters. The number of amides is 2. The molecule has 206 valence electrons. The molecule has 10 heteroatoms. The topological polar surface area (TPSA) is 133 Å². The van der Waals surface area contributed by atoms with Crippen molar-refractivity contribution >= 4 is 35.5 Å². The van der Waals surface area contributed by atoms with Gasteiger partial charge < -0.3 is 14.3 Å². The molecular formula is C29H31NO9. The molecule has 1 fully saturated rings. The summed E-state index contributed by atoms with van der Waals surface area (Å²) in [6, 6.07) is 15.4. The fraction of sp³-hybridized carbons (Fsp3) is 0.379. The summed E-state index contributed by atoms with van der Waals surface area (Å²) in [4.78, 5) is 81.7. The van der Waals surface area contributed by atoms with Crippen LogP contribution in [0.2, 0.25) is 0 Å². The molecule has 0 aromatic heterocycles. The van der Waals surface area contributed by atoms with Crippen LogP contribution >= 0.6 is 0 Å². The molecule has 0 spiro atoms. The molecule has 1 heterocycles. The number of hydrogen-bond donors (Lipinski definition) is 0. The Morgan fingerprint density at radius 1 is 0.718 bits per heavy atom. The molecule has 2 amide bonds. The maximum Gasteiger partial charge on any atom is 0.339 e. The molecule has 0 N–H and O–H groups in total. The van der Waals surface area contributed by atoms with E-state index in [-0.39, 0.29) is 46.7 Å². The molecular weight excluding hydrogens is 506 g/mol. The van der Waals surface area contributed by atoms with E-state index in [4.69, 9.17) is 14.3 Å². The fourth-order valence-electron chi connectivity index (χ4n) is 3.82. The Morgan fingerprint density at radius 2 is 1.15 bits per heavy atom. The molecule has 39 heavy (non-hydrogen) atoms. The van der Waals surface area contributed by atoms with Crippen molar-refractivity contribution in [3.8, 4) is 0 Å². The van der Waals surface area contributed by atoms with Gasteiger partial charge in [0.05, 0.1) is 17.5 Å². The van der Waals surface area contributed by atoms with Gasteiger partial charge in [0.1, 0.15) is 5.78 Å². The van der Waals surface area contributed by atoms with Crippen molar-refractivity contribution in [3.63, 3.8) is 0 Å². The number of carbonyl (C=O) groups excluding carboxylic acids is 6. The molecule has 0 radical (unpaired) electrons. The zero-order valence-electron chi connectivity index (χ0n) is 22.2. The molecule has 3 rings (SSSR count). The number of ether oxygens (including phenoxy) is 2. The van der Waals surface area contributed by atoms with Crippen LogP contribution in [0.25, 0.3) is 0 Å². The maximum absolute atomic E-state index is 13.1. The van der Waals surface area contributed by atoms with E-state index < -0.39 is 47.8 Å². The summed E-state index contributed by atoms with van der Waals surface area (Å²) in [5.41, 5.74) is 0.187. The number of ketones is 1. The Labute approximate surface area is 226 Å². The van der Waals surface area contributed by atoms with Crippen molar-refractivity contribution in [1.82, 2.24) is 5.06 Å². The van der Waals surface area contributed by atoms with Crippen molar-refractivity contribution in [2.45, 2.75) is 52.7 Å². The highest BCUT2D eigenvalue weighted by atomic mass is 16.7. The molecule has 1 aliphatic heterocycles. The minimum absolute atomic E-state index is 0.0318. The predicted molar refractivity (Wildman–Crippen MR) is 137 cm³/mol. The number of carbonyl (C=O) groups is 6. The summed E-state index contributed by atoms with van der Waals surface area (Å²) in [7, 11) is 0. The monoisotopic (exact) mass is 537 g/mol. The van der Waals surface area contributed by atoms with Crippen molar-refractivity contribution in [1.29, 1.82) is 0 Å². The second-order valence-corrected chi connectivity index (χ2v) is 9.85. The van der Waals surface area contributed by atoms with Gasteiger partial charge in [0.25, 0.3) is 0 Å². The van der Waals surface area contributed by atoms with E-state index in [9.17, 15) is 28.8 Å². The van der Waals surface area contributed by atoms with E-state index in [0.717, 1.165) is 0 Å². The van der Waals surface area contributed by atoms with Gasteiger partial charge in [0.2, 0.25) is 12.2 Å². The highest BCUT2D eigenvalue weighted by molar-refractivity contribution is 6.10. The van der Waals surface area contributed by atoms with Crippen LogP contribution < -0.4 is 0 Å². The summed E-state index contributed by atoms with van der Waals surface area (Å²) in [5.74, 6) is -5.88. The van der Waals surface area contributed by atoms with Crippen LogP contribution in [0.15, 0.2) is 60.7 Å². The quantitative estimate of drug-likeness (QED) is 0.312. The van der Waals surface area contributed by atoms with Crippen LogP contribution in [0.5, 0.6) is 0 Å². The van der Waals surface area contributed by atoms with Crippen LogP contribution in [-0.2, 0) is 33.5 Å². The first kappa shape index (κ1) is 29.2. The van der Waals surface area contributed by atoms with Gasteiger partial charge in [0.15, 0.2) is 0 Å². The zero-order chi connectivity index (χ0) is 28.7. The SMILES string of the molecule is CC(C)C(=O)CC(CC(=O)ON1C(=O)C(OC(=O)c2ccccc2)C(OC(=O)c2ccccc2)C1=O)C(C)C. The van der Waals surface area contributed by atoms with Crippen molar-refractivity contribution in [3.05, 3.63) is 71.8 Å². The average Bonchev–Trinajstić information content (AvgIpc) is 3.12. The van der Waals surface area contributed by atoms with Gasteiger partial charge in [-0.2, -0.15) is 0 Å². The number of hydrogen-bond acceptors (Lipinski definition) is 9. The minimum atomic E-state index is -1.88. The van der Waals surface area contributed by atoms with E-state index in [0.29, 0.717) is 0 Å². The third-order valence-corrected chi connectivity index (χ3v) is 6.32. The molecule has 2 aromatic carbocycles. The number of esters is 2. The summed E-state index contributed by atoms with van der Waals surface area (Å²) >= 11 is 0. The third-order valence-electron chi connectivity index (χ3n) is 6.32. The van der Waals surface area contributed by atoms with Gasteiger partial charge in [-0.25, -0.2) is 14.4 Å². The average molecular weight is 538 g/mol. The summed E-state index contributed by atoms with van der Waals surface area (Å²) in [6.45, 7) is 7.20. The largest absolute Gasteiger partial charge is 0.444 e. The summed E-state index contributed by atoms with van der Waals surface area (Å²) in [6.07, 6.45) is -3.87. The number of nitrogens with zero attached hydrogens (tertiary/aromatic N) is 1. The summed E-state index contributed by atoms with van der Waals surface area (Å²) < 4.78 is 10.6. The van der Waals surface area contributed by atoms with Gasteiger partial charge in [-0.05, 0) is 36.1 Å². The molecule has 10 nitrogen and oxygen atoms in total. The van der Waals surface area contributed by atoms with Gasteiger partial charge in [-0.1, -0.05) is 69.2 Å². The normalized spacial score (nSPS) is 17.7. The number of rotatable bonds is 11. The summed E-state index contributed by atoms with van der Waals surface area (Å²) in [5, 5.41) is 0.163. The van der Waals surface area contributed by atoms with Crippen molar-refractivity contribution in [2.24, 2.45) is 17.8 Å². The lowest BCUT2D eigenvalue weighted by Crippen LogP contribution is -2.37. The molecule has 3 unspecified atom stereocenters. The van der Waals surface area contributed by atoms with Crippen molar-refractivity contribution in [2.75, 3.05) is 0 Å². The first-order chi connectivity index (χ1) is 18.5. The van der Waals surface area contributed by atoms with Crippen LogP contribution in [0.3, 0.4) is 0 Å². The molecule has 1 aliphatic rings. The van der Waals surface area contributed by atoms with E-state index in [1.54, 1.807) is 50.2 Å². The van der Waals surface area contributed by atoms with E-state index in [1.807, 2.05) is 13.8 Å². The predicted octanol–water partition coefficient (Wildman–Crippen LogP) is 3.54. The zero-order valence-corrected chi connectivity index (χ0v) is 22.2. The van der Waals surface area contributed by atoms with Gasteiger partial charge in [0, 0.05) is 12.3 Å². The minimum Gasteiger partial charge on any atom is -0.444 e. The highest BCUT2D eigenvalue weighted by Gasteiger charge is 2.55. The van der Waals surface area contributed by atoms with Gasteiger partial charge in [-0.15, -0.1) is 0 Å². The number of benzene rings is 2.